The van der Waals surface area contributed by atoms with Crippen molar-refractivity contribution in [3.05, 3.63) is 5.56 Å². The van der Waals surface area contributed by atoms with Gasteiger partial charge in [0.05, 0.1) is 0 Å². The number of nitrogens with two attached hydrogens (primary N) is 1. The van der Waals surface area contributed by atoms with E-state index in [0.29, 0.717) is 11.9 Å². The van der Waals surface area contributed by atoms with Crippen LogP contribution in [-0.4, -0.2) is 34.9 Å². The zero-order valence-corrected chi connectivity index (χ0v) is 11.5. The fourth-order valence-corrected chi connectivity index (χ4v) is 3.07. The highest BCUT2D eigenvalue weighted by molar-refractivity contribution is 7.10. The number of anilines is 2. The predicted molar refractivity (Wildman–Crippen MR) is 74.6 cm³/mol. The van der Waals surface area contributed by atoms with Gasteiger partial charge in [0, 0.05) is 24.7 Å². The van der Waals surface area contributed by atoms with Crippen LogP contribution in [0.15, 0.2) is 0 Å². The van der Waals surface area contributed by atoms with Gasteiger partial charge < -0.3 is 16.0 Å². The number of nitrogens with one attached hydrogen (secondary N) is 1. The third kappa shape index (κ3) is 3.10. The second-order valence-corrected chi connectivity index (χ2v) is 5.56. The summed E-state index contributed by atoms with van der Waals surface area (Å²) < 4.78 is 4.17. The van der Waals surface area contributed by atoms with E-state index < -0.39 is 0 Å². The highest BCUT2D eigenvalue weighted by Crippen LogP contribution is 2.27. The molecule has 17 heavy (non-hydrogen) atoms. The van der Waals surface area contributed by atoms with Crippen LogP contribution in [0.1, 0.15) is 31.7 Å². The smallest absolute Gasteiger partial charge is 0.142 e. The summed E-state index contributed by atoms with van der Waals surface area (Å²) in [6.45, 7) is 7.93. The number of nitrogen functional groups attached to an aromatic ring is 1. The van der Waals surface area contributed by atoms with Crippen molar-refractivity contribution < 1.29 is 0 Å². The molecule has 0 aliphatic carbocycles. The van der Waals surface area contributed by atoms with Crippen LogP contribution in [-0.2, 0) is 0 Å². The van der Waals surface area contributed by atoms with E-state index in [1.807, 2.05) is 6.92 Å². The number of rotatable bonds is 4. The summed E-state index contributed by atoms with van der Waals surface area (Å²) >= 11 is 1.48. The lowest BCUT2D eigenvalue weighted by Crippen LogP contribution is -2.39. The Morgan fingerprint density at radius 3 is 2.71 bits per heavy atom. The van der Waals surface area contributed by atoms with Crippen LogP contribution in [0.4, 0.5) is 10.8 Å². The van der Waals surface area contributed by atoms with Crippen LogP contribution in [0.2, 0.25) is 0 Å². The molecule has 96 valence electrons. The van der Waals surface area contributed by atoms with Crippen molar-refractivity contribution in [3.63, 3.8) is 0 Å². The molecule has 2 rings (SSSR count). The maximum Gasteiger partial charge on any atom is 0.142 e. The molecule has 1 aliphatic rings. The Bertz CT molecular complexity index is 355. The number of likely N-dealkylation sites (tertiary alicyclic amines) is 1. The zero-order chi connectivity index (χ0) is 12.3. The zero-order valence-electron chi connectivity index (χ0n) is 10.7. The Labute approximate surface area is 107 Å². The first kappa shape index (κ1) is 12.6. The largest absolute Gasteiger partial charge is 0.383 e. The van der Waals surface area contributed by atoms with Crippen LogP contribution >= 0.6 is 11.5 Å². The third-order valence-corrected chi connectivity index (χ3v) is 4.32. The molecule has 2 heterocycles. The highest BCUT2D eigenvalue weighted by atomic mass is 32.1. The van der Waals surface area contributed by atoms with Crippen molar-refractivity contribution in [2.45, 2.75) is 39.2 Å². The molecule has 1 fully saturated rings. The van der Waals surface area contributed by atoms with Gasteiger partial charge >= 0.3 is 0 Å². The summed E-state index contributed by atoms with van der Waals surface area (Å²) in [5.41, 5.74) is 6.86. The predicted octanol–water partition coefficient (Wildman–Crippen LogP) is 2.32. The molecule has 3 N–H and O–H groups in total. The summed E-state index contributed by atoms with van der Waals surface area (Å²) in [5.74, 6) is 0.668. The first-order valence-electron chi connectivity index (χ1n) is 6.41. The van der Waals surface area contributed by atoms with Gasteiger partial charge in [-0.3, -0.25) is 0 Å². The minimum absolute atomic E-state index is 0.585. The van der Waals surface area contributed by atoms with Crippen molar-refractivity contribution in [1.82, 2.24) is 9.27 Å². The molecule has 0 aromatic carbocycles. The van der Waals surface area contributed by atoms with E-state index in [-0.39, 0.29) is 0 Å². The highest BCUT2D eigenvalue weighted by Gasteiger charge is 2.19. The minimum Gasteiger partial charge on any atom is -0.383 e. The van der Waals surface area contributed by atoms with E-state index >= 15 is 0 Å². The maximum absolute atomic E-state index is 5.76. The third-order valence-electron chi connectivity index (χ3n) is 3.42. The van der Waals surface area contributed by atoms with Crippen molar-refractivity contribution in [3.8, 4) is 0 Å². The van der Waals surface area contributed by atoms with E-state index in [9.17, 15) is 0 Å². The van der Waals surface area contributed by atoms with Crippen molar-refractivity contribution in [2.75, 3.05) is 30.7 Å². The van der Waals surface area contributed by atoms with Gasteiger partial charge in [-0.1, -0.05) is 6.92 Å². The van der Waals surface area contributed by atoms with Gasteiger partial charge in [-0.15, -0.1) is 0 Å². The lowest BCUT2D eigenvalue weighted by molar-refractivity contribution is 0.219. The van der Waals surface area contributed by atoms with Crippen molar-refractivity contribution >= 4 is 22.4 Å². The Morgan fingerprint density at radius 1 is 1.47 bits per heavy atom. The number of hydrogen-bond acceptors (Lipinski definition) is 5. The summed E-state index contributed by atoms with van der Waals surface area (Å²) in [4.78, 5) is 2.55. The summed E-state index contributed by atoms with van der Waals surface area (Å²) in [5, 5.41) is 4.73. The van der Waals surface area contributed by atoms with E-state index in [1.54, 1.807) is 0 Å². The second-order valence-electron chi connectivity index (χ2n) is 4.78. The molecular formula is C12H22N4S. The molecule has 0 spiro atoms. The molecule has 1 aromatic heterocycles. The molecule has 0 radical (unpaired) electrons. The fraction of sp³-hybridized carbons (Fsp3) is 0.750. The van der Waals surface area contributed by atoms with Gasteiger partial charge in [-0.2, -0.15) is 4.37 Å². The van der Waals surface area contributed by atoms with E-state index in [1.165, 1.54) is 50.4 Å². The maximum atomic E-state index is 5.76. The molecular weight excluding hydrogens is 232 g/mol. The van der Waals surface area contributed by atoms with Gasteiger partial charge in [0.1, 0.15) is 10.8 Å². The second kappa shape index (κ2) is 5.69. The molecule has 1 aromatic rings. The first-order chi connectivity index (χ1) is 8.20. The average molecular weight is 254 g/mol. The van der Waals surface area contributed by atoms with Crippen LogP contribution in [0.5, 0.6) is 0 Å². The normalized spacial score (nSPS) is 18.5. The van der Waals surface area contributed by atoms with Gasteiger partial charge in [0.2, 0.25) is 0 Å². The van der Waals surface area contributed by atoms with Gasteiger partial charge in [-0.25, -0.2) is 0 Å². The molecule has 0 atom stereocenters. The summed E-state index contributed by atoms with van der Waals surface area (Å²) in [6, 6.07) is 0.585. The minimum atomic E-state index is 0.585. The topological polar surface area (TPSA) is 54.2 Å². The number of piperidine rings is 1. The van der Waals surface area contributed by atoms with Crippen LogP contribution in [0, 0.1) is 6.92 Å². The quantitative estimate of drug-likeness (QED) is 0.866. The van der Waals surface area contributed by atoms with Gasteiger partial charge in [0.25, 0.3) is 0 Å². The van der Waals surface area contributed by atoms with Crippen LogP contribution < -0.4 is 11.1 Å². The lowest BCUT2D eigenvalue weighted by atomic mass is 10.0. The van der Waals surface area contributed by atoms with Crippen molar-refractivity contribution in [2.24, 2.45) is 0 Å². The molecule has 0 saturated carbocycles. The Kier molecular flexibility index (Phi) is 4.23. The molecule has 0 bridgehead atoms. The fourth-order valence-electron chi connectivity index (χ4n) is 2.29. The molecule has 5 heteroatoms. The van der Waals surface area contributed by atoms with Gasteiger partial charge in [0.15, 0.2) is 0 Å². The van der Waals surface area contributed by atoms with Crippen molar-refractivity contribution in [1.29, 1.82) is 0 Å². The number of hydrogen-bond donors (Lipinski definition) is 2. The summed E-state index contributed by atoms with van der Waals surface area (Å²) in [6.07, 6.45) is 3.69. The Hall–Kier alpha value is -0.810. The molecule has 1 saturated heterocycles. The molecule has 4 nitrogen and oxygen atoms in total. The first-order valence-corrected chi connectivity index (χ1v) is 7.18. The molecule has 1 aliphatic heterocycles. The SMILES string of the molecule is CCCN1CCC(Nc2snc(N)c2C)CC1. The lowest BCUT2D eigenvalue weighted by Gasteiger charge is -2.32. The van der Waals surface area contributed by atoms with Gasteiger partial charge in [-0.05, 0) is 44.3 Å². The Morgan fingerprint density at radius 2 is 2.18 bits per heavy atom. The standard InChI is InChI=1S/C12H22N4S/c1-3-6-16-7-4-10(5-8-16)14-12-9(2)11(13)15-17-12/h10,14H,3-8H2,1-2H3,(H2,13,15). The van der Waals surface area contributed by atoms with E-state index in [2.05, 4.69) is 21.5 Å². The van der Waals surface area contributed by atoms with Crippen LogP contribution in [0.25, 0.3) is 0 Å². The number of nitrogens with zero attached hydrogens (tertiary/aromatic N) is 2. The Balaban J connectivity index is 1.84. The van der Waals surface area contributed by atoms with Crippen LogP contribution in [0.3, 0.4) is 0 Å². The monoisotopic (exact) mass is 254 g/mol. The average Bonchev–Trinajstić information content (AvgIpc) is 2.64. The number of aromatic nitrogens is 1. The summed E-state index contributed by atoms with van der Waals surface area (Å²) in [7, 11) is 0. The molecule has 0 amide bonds. The molecule has 0 unspecified atom stereocenters. The van der Waals surface area contributed by atoms with E-state index in [0.717, 1.165) is 10.6 Å². The van der Waals surface area contributed by atoms with E-state index in [4.69, 9.17) is 5.73 Å².